The third-order valence-electron chi connectivity index (χ3n) is 6.28. The summed E-state index contributed by atoms with van der Waals surface area (Å²) in [6.07, 6.45) is -2.90. The van der Waals surface area contributed by atoms with Crippen LogP contribution in [0.2, 0.25) is 0 Å². The smallest absolute Gasteiger partial charge is 0.425 e. The van der Waals surface area contributed by atoms with E-state index in [1.165, 1.54) is 22.5 Å². The van der Waals surface area contributed by atoms with Gasteiger partial charge in [0.05, 0.1) is 11.6 Å². The molecule has 5 rings (SSSR count). The Balaban J connectivity index is 1.35. The summed E-state index contributed by atoms with van der Waals surface area (Å²) in [5.41, 5.74) is 6.56. The molecule has 1 saturated carbocycles. The van der Waals surface area contributed by atoms with Crippen LogP contribution in [0.3, 0.4) is 0 Å². The zero-order chi connectivity index (χ0) is 22.7. The molecule has 174 valence electrons. The highest BCUT2D eigenvalue weighted by atomic mass is 32.2. The first-order valence-corrected chi connectivity index (χ1v) is 11.3. The van der Waals surface area contributed by atoms with Gasteiger partial charge in [0.15, 0.2) is 22.7 Å². The van der Waals surface area contributed by atoms with Crippen LogP contribution in [0.25, 0.3) is 5.65 Å². The number of ether oxygens (including phenoxy) is 1. The van der Waals surface area contributed by atoms with Crippen molar-refractivity contribution in [1.29, 1.82) is 0 Å². The fourth-order valence-electron chi connectivity index (χ4n) is 4.66. The van der Waals surface area contributed by atoms with Crippen LogP contribution in [0.15, 0.2) is 23.3 Å². The summed E-state index contributed by atoms with van der Waals surface area (Å²) in [5, 5.41) is 8.73. The summed E-state index contributed by atoms with van der Waals surface area (Å²) in [4.78, 5) is 11.3. The Morgan fingerprint density at radius 2 is 2.25 bits per heavy atom. The normalized spacial score (nSPS) is 31.1. The van der Waals surface area contributed by atoms with Gasteiger partial charge < -0.3 is 20.7 Å². The summed E-state index contributed by atoms with van der Waals surface area (Å²) in [6, 6.07) is 2.98. The predicted octanol–water partition coefficient (Wildman–Crippen LogP) is 2.22. The van der Waals surface area contributed by atoms with Gasteiger partial charge in [0.2, 0.25) is 5.95 Å². The van der Waals surface area contributed by atoms with Crippen molar-refractivity contribution in [2.75, 3.05) is 18.4 Å². The molecule has 0 radical (unpaired) electrons. The molecule has 4 heterocycles. The average molecular weight is 471 g/mol. The van der Waals surface area contributed by atoms with E-state index in [0.29, 0.717) is 12.5 Å². The van der Waals surface area contributed by atoms with Crippen molar-refractivity contribution in [3.05, 3.63) is 18.3 Å². The van der Waals surface area contributed by atoms with Crippen molar-refractivity contribution in [2.24, 2.45) is 16.6 Å². The zero-order valence-electron chi connectivity index (χ0n) is 17.6. The molecule has 2 aromatic rings. The first kappa shape index (κ1) is 21.6. The molecule has 9 nitrogen and oxygen atoms in total. The van der Waals surface area contributed by atoms with Gasteiger partial charge in [-0.15, -0.1) is 5.10 Å². The second-order valence-corrected chi connectivity index (χ2v) is 9.52. The van der Waals surface area contributed by atoms with Gasteiger partial charge in [-0.1, -0.05) is 0 Å². The van der Waals surface area contributed by atoms with Crippen LogP contribution >= 0.6 is 11.9 Å². The number of nitrogens with one attached hydrogen (secondary N) is 2. The molecule has 0 spiro atoms. The molecule has 1 aliphatic carbocycles. The number of likely N-dealkylation sites (tertiary alicyclic amines) is 1. The number of fused-ring (bicyclic) bond motifs is 3. The molecular weight excluding hydrogens is 445 g/mol. The van der Waals surface area contributed by atoms with Crippen molar-refractivity contribution >= 4 is 28.7 Å². The number of aromatic nitrogens is 3. The number of amidine groups is 1. The molecule has 2 aromatic heterocycles. The largest absolute Gasteiger partial charge is 0.477 e. The van der Waals surface area contributed by atoms with E-state index >= 15 is 0 Å². The third-order valence-corrected chi connectivity index (χ3v) is 7.29. The lowest BCUT2D eigenvalue weighted by Crippen LogP contribution is -2.64. The van der Waals surface area contributed by atoms with Gasteiger partial charge in [-0.05, 0) is 56.7 Å². The number of aliphatic imine (C=N–C) groups is 1. The number of anilines is 1. The Morgan fingerprint density at radius 3 is 2.94 bits per heavy atom. The lowest BCUT2D eigenvalue weighted by atomic mass is 9.86. The summed E-state index contributed by atoms with van der Waals surface area (Å²) in [6.45, 7) is 4.45. The Kier molecular flexibility index (Phi) is 5.17. The summed E-state index contributed by atoms with van der Waals surface area (Å²) in [5.74, 6) is 0.625. The van der Waals surface area contributed by atoms with Gasteiger partial charge in [-0.3, -0.25) is 0 Å². The molecule has 2 bridgehead atoms. The van der Waals surface area contributed by atoms with Gasteiger partial charge >= 0.3 is 6.18 Å². The maximum Gasteiger partial charge on any atom is 0.425 e. The van der Waals surface area contributed by atoms with E-state index in [9.17, 15) is 13.2 Å². The fraction of sp³-hybridized carbons (Fsp3) is 0.632. The number of piperidine rings is 1. The van der Waals surface area contributed by atoms with Crippen LogP contribution in [-0.4, -0.2) is 67.8 Å². The second-order valence-electron chi connectivity index (χ2n) is 8.72. The van der Waals surface area contributed by atoms with Crippen molar-refractivity contribution < 1.29 is 17.9 Å². The van der Waals surface area contributed by atoms with Crippen molar-refractivity contribution in [3.8, 4) is 5.75 Å². The Hall–Kier alpha value is -2.25. The monoisotopic (exact) mass is 470 g/mol. The number of alkyl halides is 3. The molecular formula is C19H25F3N8OS. The van der Waals surface area contributed by atoms with Crippen molar-refractivity contribution in [1.82, 2.24) is 24.2 Å². The maximum atomic E-state index is 12.9. The number of rotatable bonds is 4. The molecule has 1 saturated heterocycles. The van der Waals surface area contributed by atoms with E-state index in [-0.39, 0.29) is 29.5 Å². The van der Waals surface area contributed by atoms with E-state index < -0.39 is 17.8 Å². The Labute approximate surface area is 187 Å². The SMILES string of the molecule is CC1N=C(N2C[C@H]3CC[C@@](N)(C2)[C@@H]3Nc2nc3c(O[C@@H](C)C(F)(F)F)cccn3n2)SN1. The van der Waals surface area contributed by atoms with Crippen LogP contribution in [-0.2, 0) is 0 Å². The minimum absolute atomic E-state index is 0.0241. The van der Waals surface area contributed by atoms with Gasteiger partial charge in [-0.2, -0.15) is 18.2 Å². The molecule has 2 aliphatic heterocycles. The van der Waals surface area contributed by atoms with E-state index in [0.717, 1.165) is 31.5 Å². The van der Waals surface area contributed by atoms with E-state index in [2.05, 4.69) is 30.0 Å². The zero-order valence-corrected chi connectivity index (χ0v) is 18.5. The molecule has 1 unspecified atom stereocenters. The topological polar surface area (TPSA) is 105 Å². The summed E-state index contributed by atoms with van der Waals surface area (Å²) in [7, 11) is 0. The lowest BCUT2D eigenvalue weighted by Gasteiger charge is -2.44. The first-order chi connectivity index (χ1) is 15.1. The van der Waals surface area contributed by atoms with Gasteiger partial charge in [0.25, 0.3) is 0 Å². The van der Waals surface area contributed by atoms with Crippen LogP contribution in [0.5, 0.6) is 5.75 Å². The summed E-state index contributed by atoms with van der Waals surface area (Å²) < 4.78 is 48.6. The third kappa shape index (κ3) is 3.86. The highest BCUT2D eigenvalue weighted by molar-refractivity contribution is 8.12. The molecule has 0 amide bonds. The Morgan fingerprint density at radius 1 is 1.44 bits per heavy atom. The lowest BCUT2D eigenvalue weighted by molar-refractivity contribution is -0.189. The number of halogens is 3. The maximum absolute atomic E-state index is 12.9. The molecule has 4 N–H and O–H groups in total. The van der Waals surface area contributed by atoms with Crippen LogP contribution < -0.4 is 20.5 Å². The van der Waals surface area contributed by atoms with Crippen LogP contribution in [0, 0.1) is 5.92 Å². The minimum atomic E-state index is -4.47. The molecule has 0 aromatic carbocycles. The number of nitrogens with zero attached hydrogens (tertiary/aromatic N) is 5. The van der Waals surface area contributed by atoms with Gasteiger partial charge in [0, 0.05) is 19.3 Å². The highest BCUT2D eigenvalue weighted by Crippen LogP contribution is 2.41. The number of pyridine rings is 1. The van der Waals surface area contributed by atoms with Crippen molar-refractivity contribution in [2.45, 2.75) is 56.7 Å². The molecule has 32 heavy (non-hydrogen) atoms. The first-order valence-electron chi connectivity index (χ1n) is 10.5. The highest BCUT2D eigenvalue weighted by Gasteiger charge is 2.52. The fourth-order valence-corrected chi connectivity index (χ4v) is 5.47. The van der Waals surface area contributed by atoms with E-state index in [1.54, 1.807) is 12.3 Å². The van der Waals surface area contributed by atoms with Crippen LogP contribution in [0.4, 0.5) is 19.1 Å². The standard InChI is InChI=1S/C19H25F3N8OS/c1-10(19(20,21)22)31-13-4-3-7-30-15(13)26-16(27-30)25-14-12-5-6-18(14,23)9-29(8-12)17-24-11(2)28-32-17/h3-4,7,10-12,14,28H,5-6,8-9,23H2,1-2H3,(H,25,27)/t10-,11?,12+,14+,18+/m0/s1. The molecule has 13 heteroatoms. The predicted molar refractivity (Wildman–Crippen MR) is 115 cm³/mol. The second kappa shape index (κ2) is 7.66. The quantitative estimate of drug-likeness (QED) is 0.585. The minimum Gasteiger partial charge on any atom is -0.477 e. The molecule has 3 aliphatic rings. The van der Waals surface area contributed by atoms with Gasteiger partial charge in [0.1, 0.15) is 6.17 Å². The number of nitrogens with two attached hydrogens (primary N) is 1. The van der Waals surface area contributed by atoms with Crippen molar-refractivity contribution in [3.63, 3.8) is 0 Å². The summed E-state index contributed by atoms with van der Waals surface area (Å²) >= 11 is 1.53. The van der Waals surface area contributed by atoms with Crippen LogP contribution in [0.1, 0.15) is 26.7 Å². The molecule has 2 fully saturated rings. The molecule has 5 atom stereocenters. The van der Waals surface area contributed by atoms with E-state index in [1.807, 2.05) is 6.92 Å². The average Bonchev–Trinajstić information content (AvgIpc) is 3.38. The van der Waals surface area contributed by atoms with Gasteiger partial charge in [-0.25, -0.2) is 14.2 Å². The number of hydrogen-bond donors (Lipinski definition) is 3. The Bertz CT molecular complexity index is 1050. The van der Waals surface area contributed by atoms with E-state index in [4.69, 9.17) is 10.5 Å². The number of hydrogen-bond acceptors (Lipinski definition) is 9.